The lowest BCUT2D eigenvalue weighted by molar-refractivity contribution is -0.126. The molecule has 1 aromatic rings. The van der Waals surface area contributed by atoms with Gasteiger partial charge < -0.3 is 15.2 Å². The molecule has 2 heterocycles. The minimum absolute atomic E-state index is 0.0274. The van der Waals surface area contributed by atoms with Crippen LogP contribution in [0.1, 0.15) is 18.4 Å². The average Bonchev–Trinajstić information content (AvgIpc) is 2.46. The molecule has 1 atom stereocenters. The summed E-state index contributed by atoms with van der Waals surface area (Å²) in [6, 6.07) is 1.33. The third-order valence-corrected chi connectivity index (χ3v) is 4.04. The Morgan fingerprint density at radius 2 is 2.09 bits per heavy atom. The van der Waals surface area contributed by atoms with Crippen LogP contribution in [0.3, 0.4) is 0 Å². The minimum atomic E-state index is -0.153. The molecule has 1 aromatic heterocycles. The van der Waals surface area contributed by atoms with Crippen molar-refractivity contribution in [3.05, 3.63) is 27.9 Å². The summed E-state index contributed by atoms with van der Waals surface area (Å²) in [5, 5.41) is 2.92. The van der Waals surface area contributed by atoms with Crippen LogP contribution >= 0.6 is 0 Å². The summed E-state index contributed by atoms with van der Waals surface area (Å²) in [5.41, 5.74) is 0.538. The van der Waals surface area contributed by atoms with Gasteiger partial charge in [-0.2, -0.15) is 0 Å². The van der Waals surface area contributed by atoms with Crippen molar-refractivity contribution in [3.8, 4) is 0 Å². The van der Waals surface area contributed by atoms with E-state index >= 15 is 0 Å². The third-order valence-electron chi connectivity index (χ3n) is 4.04. The number of amides is 1. The van der Waals surface area contributed by atoms with E-state index in [1.54, 1.807) is 6.92 Å². The molecule has 0 aromatic carbocycles. The van der Waals surface area contributed by atoms with Crippen molar-refractivity contribution in [1.82, 2.24) is 25.1 Å². The highest BCUT2D eigenvalue weighted by atomic mass is 16.2. The number of nitrogens with zero attached hydrogens (tertiary/aromatic N) is 3. The van der Waals surface area contributed by atoms with Crippen molar-refractivity contribution in [1.29, 1.82) is 0 Å². The molecule has 0 aliphatic carbocycles. The zero-order valence-corrected chi connectivity index (χ0v) is 13.6. The molecule has 1 amide bonds. The van der Waals surface area contributed by atoms with Gasteiger partial charge in [0.1, 0.15) is 5.82 Å². The summed E-state index contributed by atoms with van der Waals surface area (Å²) >= 11 is 0. The molecule has 7 heteroatoms. The molecular weight excluding hydrogens is 282 g/mol. The molecule has 0 bridgehead atoms. The predicted octanol–water partition coefficient (Wildman–Crippen LogP) is -0.627. The lowest BCUT2D eigenvalue weighted by atomic mass is 10.2. The smallest absolute Gasteiger partial charge is 0.251 e. The van der Waals surface area contributed by atoms with Crippen LogP contribution in [-0.4, -0.2) is 71.5 Å². The maximum Gasteiger partial charge on any atom is 0.251 e. The van der Waals surface area contributed by atoms with E-state index < -0.39 is 0 Å². The number of aromatic amines is 1. The monoisotopic (exact) mass is 307 g/mol. The normalized spacial score (nSPS) is 18.1. The summed E-state index contributed by atoms with van der Waals surface area (Å²) < 4.78 is 0. The lowest BCUT2D eigenvalue weighted by Gasteiger charge is -2.35. The molecule has 22 heavy (non-hydrogen) atoms. The van der Waals surface area contributed by atoms with Gasteiger partial charge in [0.25, 0.3) is 5.56 Å². The zero-order valence-electron chi connectivity index (χ0n) is 13.6. The number of hydrogen-bond donors (Lipinski definition) is 2. The second kappa shape index (κ2) is 7.51. The van der Waals surface area contributed by atoms with Gasteiger partial charge in [-0.1, -0.05) is 0 Å². The minimum Gasteiger partial charge on any atom is -0.354 e. The van der Waals surface area contributed by atoms with Crippen molar-refractivity contribution in [2.75, 3.05) is 39.8 Å². The van der Waals surface area contributed by atoms with Gasteiger partial charge in [0, 0.05) is 50.9 Å². The van der Waals surface area contributed by atoms with Crippen molar-refractivity contribution in [2.45, 2.75) is 26.3 Å². The van der Waals surface area contributed by atoms with Crippen molar-refractivity contribution in [3.63, 3.8) is 0 Å². The fraction of sp³-hybridized carbons (Fsp3) is 0.667. The van der Waals surface area contributed by atoms with Crippen LogP contribution in [0.2, 0.25) is 0 Å². The number of rotatable bonds is 5. The summed E-state index contributed by atoms with van der Waals surface area (Å²) in [7, 11) is 2.09. The summed E-state index contributed by atoms with van der Waals surface area (Å²) in [6.45, 7) is 8.01. The first-order valence-corrected chi connectivity index (χ1v) is 7.73. The lowest BCUT2D eigenvalue weighted by Crippen LogP contribution is -2.53. The van der Waals surface area contributed by atoms with Crippen LogP contribution < -0.4 is 10.9 Å². The Morgan fingerprint density at radius 3 is 2.73 bits per heavy atom. The number of aromatic nitrogens is 2. The van der Waals surface area contributed by atoms with Gasteiger partial charge in [0.05, 0.1) is 6.04 Å². The van der Waals surface area contributed by atoms with Gasteiger partial charge in [0.2, 0.25) is 5.91 Å². The number of carbonyl (C=O) groups excluding carboxylic acids is 1. The molecule has 0 saturated carbocycles. The van der Waals surface area contributed by atoms with Crippen LogP contribution in [0.5, 0.6) is 0 Å². The van der Waals surface area contributed by atoms with Crippen LogP contribution in [0.15, 0.2) is 10.9 Å². The molecule has 2 N–H and O–H groups in total. The molecule has 1 aliphatic rings. The predicted molar refractivity (Wildman–Crippen MR) is 84.8 cm³/mol. The Morgan fingerprint density at radius 1 is 1.41 bits per heavy atom. The summed E-state index contributed by atoms with van der Waals surface area (Å²) in [4.78, 5) is 34.9. The molecule has 0 spiro atoms. The van der Waals surface area contributed by atoms with Crippen LogP contribution in [0, 0.1) is 6.92 Å². The van der Waals surface area contributed by atoms with Crippen LogP contribution in [0.25, 0.3) is 0 Å². The first-order valence-electron chi connectivity index (χ1n) is 7.73. The number of piperazine rings is 1. The second-order valence-corrected chi connectivity index (χ2v) is 5.89. The number of likely N-dealkylation sites (N-methyl/N-ethyl adjacent to an activating group) is 1. The number of hydrogen-bond acceptors (Lipinski definition) is 5. The van der Waals surface area contributed by atoms with E-state index in [0.717, 1.165) is 26.2 Å². The molecule has 0 unspecified atom stereocenters. The molecule has 122 valence electrons. The Bertz CT molecular complexity index is 563. The van der Waals surface area contributed by atoms with E-state index in [-0.39, 0.29) is 17.5 Å². The van der Waals surface area contributed by atoms with E-state index in [9.17, 15) is 9.59 Å². The molecule has 1 fully saturated rings. The molecule has 2 rings (SSSR count). The molecule has 0 radical (unpaired) electrons. The maximum absolute atomic E-state index is 12.2. The first-order chi connectivity index (χ1) is 10.5. The number of H-pyrrole nitrogens is 1. The van der Waals surface area contributed by atoms with Gasteiger partial charge in [-0.15, -0.1) is 0 Å². The van der Waals surface area contributed by atoms with E-state index in [2.05, 4.69) is 32.1 Å². The van der Waals surface area contributed by atoms with Gasteiger partial charge in [-0.25, -0.2) is 4.98 Å². The second-order valence-electron chi connectivity index (χ2n) is 5.89. The number of aryl methyl sites for hydroxylation is 1. The van der Waals surface area contributed by atoms with Crippen molar-refractivity contribution in [2.24, 2.45) is 0 Å². The average molecular weight is 307 g/mol. The summed E-state index contributed by atoms with van der Waals surface area (Å²) in [6.07, 6.45) is 0.526. The Labute approximate surface area is 130 Å². The zero-order chi connectivity index (χ0) is 16.1. The molecular formula is C15H25N5O2. The van der Waals surface area contributed by atoms with Gasteiger partial charge >= 0.3 is 0 Å². The third kappa shape index (κ3) is 4.64. The van der Waals surface area contributed by atoms with Crippen LogP contribution in [0.4, 0.5) is 0 Å². The Balaban J connectivity index is 1.78. The van der Waals surface area contributed by atoms with Gasteiger partial charge in [-0.05, 0) is 20.9 Å². The Hall–Kier alpha value is -1.73. The van der Waals surface area contributed by atoms with E-state index in [4.69, 9.17) is 0 Å². The molecule has 1 aliphatic heterocycles. The number of carbonyl (C=O) groups is 1. The first kappa shape index (κ1) is 16.6. The van der Waals surface area contributed by atoms with E-state index in [1.807, 2.05) is 6.92 Å². The van der Waals surface area contributed by atoms with E-state index in [0.29, 0.717) is 24.5 Å². The topological polar surface area (TPSA) is 81.3 Å². The highest BCUT2D eigenvalue weighted by Gasteiger charge is 2.23. The van der Waals surface area contributed by atoms with Crippen molar-refractivity contribution >= 4 is 5.91 Å². The van der Waals surface area contributed by atoms with Gasteiger partial charge in [-0.3, -0.25) is 14.5 Å². The maximum atomic E-state index is 12.2. The highest BCUT2D eigenvalue weighted by Crippen LogP contribution is 2.04. The van der Waals surface area contributed by atoms with Crippen LogP contribution in [-0.2, 0) is 11.2 Å². The fourth-order valence-corrected chi connectivity index (χ4v) is 2.59. The van der Waals surface area contributed by atoms with Gasteiger partial charge in [0.15, 0.2) is 0 Å². The van der Waals surface area contributed by atoms with E-state index in [1.165, 1.54) is 6.07 Å². The molecule has 1 saturated heterocycles. The SMILES string of the molecule is Cc1cc(=O)[nH]c(CCNC(=O)[C@@H](C)N2CCN(C)CC2)n1. The standard InChI is InChI=1S/C15H25N5O2/c1-11-10-14(21)18-13(17-11)4-5-16-15(22)12(2)20-8-6-19(3)7-9-20/h10,12H,4-9H2,1-3H3,(H,16,22)(H,17,18,21)/t12-/m1/s1. The highest BCUT2D eigenvalue weighted by molar-refractivity contribution is 5.81. The number of nitrogens with one attached hydrogen (secondary N) is 2. The summed E-state index contributed by atoms with van der Waals surface area (Å²) in [5.74, 6) is 0.636. The largest absolute Gasteiger partial charge is 0.354 e. The molecule has 7 nitrogen and oxygen atoms in total. The van der Waals surface area contributed by atoms with Crippen molar-refractivity contribution < 1.29 is 4.79 Å². The fourth-order valence-electron chi connectivity index (χ4n) is 2.59. The Kier molecular flexibility index (Phi) is 5.68. The quantitative estimate of drug-likeness (QED) is 0.757.